The Morgan fingerprint density at radius 2 is 1.50 bits per heavy atom. The molecule has 0 aliphatic carbocycles. The van der Waals surface area contributed by atoms with Crippen molar-refractivity contribution in [2.75, 3.05) is 0 Å². The van der Waals surface area contributed by atoms with E-state index in [9.17, 15) is 0 Å². The molecule has 0 N–H and O–H groups in total. The van der Waals surface area contributed by atoms with Gasteiger partial charge in [0, 0.05) is 5.02 Å². The minimum Gasteiger partial charge on any atom is -1.00 e. The minimum absolute atomic E-state index is 0. The fourth-order valence-electron chi connectivity index (χ4n) is 0.941. The number of aryl methyl sites for hydroxylation is 2. The van der Waals surface area contributed by atoms with E-state index in [1.165, 1.54) is 0 Å². The van der Waals surface area contributed by atoms with Crippen LogP contribution in [0.2, 0.25) is 5.02 Å². The summed E-state index contributed by atoms with van der Waals surface area (Å²) in [7, 11) is 0. The molecule has 1 aromatic carbocycles. The molecule has 62 valence electrons. The smallest absolute Gasteiger partial charge is 1.00 e. The third kappa shape index (κ3) is 3.56. The molecule has 0 saturated heterocycles. The van der Waals surface area contributed by atoms with Gasteiger partial charge in [-0.3, -0.25) is 0 Å². The SMILES string of the molecule is [Br-].[CH2-]c1c(C)cc(Cl)cc1C.[Mg+2]. The van der Waals surface area contributed by atoms with Crippen molar-refractivity contribution in [3.63, 3.8) is 0 Å². The third-order valence-corrected chi connectivity index (χ3v) is 1.88. The Labute approximate surface area is 106 Å². The van der Waals surface area contributed by atoms with E-state index in [4.69, 9.17) is 11.6 Å². The van der Waals surface area contributed by atoms with Crippen LogP contribution in [0.3, 0.4) is 0 Å². The fourth-order valence-corrected chi connectivity index (χ4v) is 1.27. The van der Waals surface area contributed by atoms with E-state index in [1.54, 1.807) is 0 Å². The van der Waals surface area contributed by atoms with Crippen molar-refractivity contribution >= 4 is 34.7 Å². The Kier molecular flexibility index (Phi) is 7.73. The van der Waals surface area contributed by atoms with Crippen molar-refractivity contribution in [3.05, 3.63) is 40.8 Å². The molecule has 0 aromatic heterocycles. The zero-order chi connectivity index (χ0) is 7.72. The van der Waals surface area contributed by atoms with Crippen molar-refractivity contribution in [1.82, 2.24) is 0 Å². The van der Waals surface area contributed by atoms with Gasteiger partial charge in [0.2, 0.25) is 0 Å². The Bertz CT molecular complexity index is 238. The van der Waals surface area contributed by atoms with Crippen molar-refractivity contribution in [2.24, 2.45) is 0 Å². The summed E-state index contributed by atoms with van der Waals surface area (Å²) in [6.45, 7) is 7.93. The largest absolute Gasteiger partial charge is 2.00 e. The Balaban J connectivity index is 0. The average molecular weight is 258 g/mol. The van der Waals surface area contributed by atoms with Gasteiger partial charge in [0.1, 0.15) is 0 Å². The van der Waals surface area contributed by atoms with Gasteiger partial charge in [0.25, 0.3) is 0 Å². The van der Waals surface area contributed by atoms with Crippen molar-refractivity contribution < 1.29 is 17.0 Å². The van der Waals surface area contributed by atoms with E-state index in [1.807, 2.05) is 26.0 Å². The van der Waals surface area contributed by atoms with Gasteiger partial charge in [0.05, 0.1) is 0 Å². The van der Waals surface area contributed by atoms with E-state index in [0.29, 0.717) is 0 Å². The molecule has 0 fully saturated rings. The summed E-state index contributed by atoms with van der Waals surface area (Å²) in [4.78, 5) is 0. The molecule has 0 unspecified atom stereocenters. The summed E-state index contributed by atoms with van der Waals surface area (Å²) >= 11 is 5.79. The van der Waals surface area contributed by atoms with Gasteiger partial charge >= 0.3 is 23.1 Å². The summed E-state index contributed by atoms with van der Waals surface area (Å²) in [5, 5.41) is 0.794. The van der Waals surface area contributed by atoms with Crippen LogP contribution in [0.15, 0.2) is 12.1 Å². The number of rotatable bonds is 0. The monoisotopic (exact) mass is 256 g/mol. The topological polar surface area (TPSA) is 0 Å². The van der Waals surface area contributed by atoms with Crippen molar-refractivity contribution in [3.8, 4) is 0 Å². The Hall–Kier alpha value is 0.626. The molecule has 3 heteroatoms. The standard InChI is InChI=1S/C9H10Cl.BrH.Mg/c1-6-4-9(10)5-7(2)8(6)3;;/h4-5H,3H2,1-2H3;1H;/q-1;;+2/p-1. The summed E-state index contributed by atoms with van der Waals surface area (Å²) in [5.41, 5.74) is 3.40. The molecule has 0 bridgehead atoms. The first-order chi connectivity index (χ1) is 4.61. The zero-order valence-electron chi connectivity index (χ0n) is 7.32. The molecular weight excluding hydrogens is 248 g/mol. The van der Waals surface area contributed by atoms with Crippen LogP contribution in [-0.2, 0) is 0 Å². The summed E-state index contributed by atoms with van der Waals surface area (Å²) in [6.07, 6.45) is 0. The van der Waals surface area contributed by atoms with Gasteiger partial charge in [-0.25, -0.2) is 0 Å². The molecule has 0 amide bonds. The van der Waals surface area contributed by atoms with E-state index in [2.05, 4.69) is 6.92 Å². The predicted octanol–water partition coefficient (Wildman–Crippen LogP) is -0.238. The zero-order valence-corrected chi connectivity index (χ0v) is 11.1. The second-order valence-corrected chi connectivity index (χ2v) is 2.95. The van der Waals surface area contributed by atoms with Crippen molar-refractivity contribution in [1.29, 1.82) is 0 Å². The maximum atomic E-state index is 5.79. The maximum Gasteiger partial charge on any atom is 2.00 e. The molecule has 0 radical (unpaired) electrons. The number of benzene rings is 1. The van der Waals surface area contributed by atoms with E-state index >= 15 is 0 Å². The molecule has 0 heterocycles. The van der Waals surface area contributed by atoms with Crippen LogP contribution in [0.25, 0.3) is 0 Å². The Morgan fingerprint density at radius 3 is 1.83 bits per heavy atom. The second-order valence-electron chi connectivity index (χ2n) is 2.52. The van der Waals surface area contributed by atoms with Crippen LogP contribution in [0, 0.1) is 20.8 Å². The molecule has 0 aliphatic heterocycles. The average Bonchev–Trinajstić information content (AvgIpc) is 1.82. The molecule has 0 nitrogen and oxygen atoms in total. The van der Waals surface area contributed by atoms with Crippen LogP contribution in [0.1, 0.15) is 16.7 Å². The maximum absolute atomic E-state index is 5.79. The summed E-state index contributed by atoms with van der Waals surface area (Å²) in [5.74, 6) is 0. The molecule has 0 atom stereocenters. The first-order valence-corrected chi connectivity index (χ1v) is 3.58. The van der Waals surface area contributed by atoms with Crippen LogP contribution in [0.5, 0.6) is 0 Å². The first kappa shape index (κ1) is 15.1. The van der Waals surface area contributed by atoms with Crippen molar-refractivity contribution in [2.45, 2.75) is 13.8 Å². The van der Waals surface area contributed by atoms with Gasteiger partial charge in [-0.2, -0.15) is 23.6 Å². The first-order valence-electron chi connectivity index (χ1n) is 3.20. The molecule has 0 aliphatic rings. The van der Waals surface area contributed by atoms with Gasteiger partial charge < -0.3 is 17.0 Å². The van der Waals surface area contributed by atoms with Gasteiger partial charge in [-0.05, 0) is 0 Å². The fraction of sp³-hybridized carbons (Fsp3) is 0.222. The van der Waals surface area contributed by atoms with E-state index in [-0.39, 0.29) is 40.0 Å². The van der Waals surface area contributed by atoms with Crippen LogP contribution in [0.4, 0.5) is 0 Å². The normalized spacial score (nSPS) is 8.25. The molecular formula is C9H10BrClMg. The third-order valence-electron chi connectivity index (χ3n) is 1.66. The number of hydrogen-bond acceptors (Lipinski definition) is 0. The molecule has 0 saturated carbocycles. The second kappa shape index (κ2) is 6.14. The van der Waals surface area contributed by atoms with Crippen LogP contribution < -0.4 is 17.0 Å². The molecule has 12 heavy (non-hydrogen) atoms. The summed E-state index contributed by atoms with van der Waals surface area (Å²) < 4.78 is 0. The summed E-state index contributed by atoms with van der Waals surface area (Å²) in [6, 6.07) is 3.85. The molecule has 0 spiro atoms. The van der Waals surface area contributed by atoms with Gasteiger partial charge in [-0.1, -0.05) is 37.6 Å². The van der Waals surface area contributed by atoms with Gasteiger partial charge in [-0.15, -0.1) is 0 Å². The Morgan fingerprint density at radius 1 is 1.17 bits per heavy atom. The molecule has 1 rings (SSSR count). The number of halogens is 2. The quantitative estimate of drug-likeness (QED) is 0.445. The van der Waals surface area contributed by atoms with Crippen LogP contribution in [-0.4, -0.2) is 23.1 Å². The van der Waals surface area contributed by atoms with E-state index < -0.39 is 0 Å². The number of hydrogen-bond donors (Lipinski definition) is 0. The van der Waals surface area contributed by atoms with Gasteiger partial charge in [0.15, 0.2) is 0 Å². The van der Waals surface area contributed by atoms with Crippen LogP contribution >= 0.6 is 11.6 Å². The molecule has 1 aromatic rings. The minimum atomic E-state index is 0. The predicted molar refractivity (Wildman–Crippen MR) is 51.1 cm³/mol. The van der Waals surface area contributed by atoms with E-state index in [0.717, 1.165) is 21.7 Å².